The first kappa shape index (κ1) is 17.3. The van der Waals surface area contributed by atoms with Crippen molar-refractivity contribution in [2.24, 2.45) is 0 Å². The number of rotatable bonds is 3. The fourth-order valence-corrected chi connectivity index (χ4v) is 3.63. The van der Waals surface area contributed by atoms with E-state index in [0.29, 0.717) is 47.9 Å². The SMILES string of the molecule is C[C@@H]1c2nnc(-c3nc(C4CC4)no3)n2CCN1C(=O)c1ccc(F)c(Cl)c1. The van der Waals surface area contributed by atoms with E-state index in [0.717, 1.165) is 12.8 Å². The second-order valence-corrected chi connectivity index (χ2v) is 7.48. The van der Waals surface area contributed by atoms with Gasteiger partial charge < -0.3 is 14.0 Å². The molecule has 0 bridgehead atoms. The van der Waals surface area contributed by atoms with Crippen molar-refractivity contribution in [3.8, 4) is 11.7 Å². The Hall–Kier alpha value is -2.81. The molecule has 144 valence electrons. The minimum absolute atomic E-state index is 0.0798. The number of hydrogen-bond acceptors (Lipinski definition) is 6. The molecule has 1 fully saturated rings. The molecule has 10 heteroatoms. The molecule has 1 amide bonds. The van der Waals surface area contributed by atoms with Gasteiger partial charge in [-0.2, -0.15) is 4.98 Å². The lowest BCUT2D eigenvalue weighted by Gasteiger charge is -2.33. The van der Waals surface area contributed by atoms with Crippen LogP contribution in [-0.4, -0.2) is 42.3 Å². The van der Waals surface area contributed by atoms with Gasteiger partial charge in [0.25, 0.3) is 11.8 Å². The molecule has 1 aliphatic heterocycles. The Bertz CT molecular complexity index is 1080. The van der Waals surface area contributed by atoms with Gasteiger partial charge in [0.2, 0.25) is 5.82 Å². The summed E-state index contributed by atoms with van der Waals surface area (Å²) >= 11 is 5.82. The van der Waals surface area contributed by atoms with Crippen LogP contribution in [0.4, 0.5) is 4.39 Å². The van der Waals surface area contributed by atoms with E-state index in [2.05, 4.69) is 20.3 Å². The highest BCUT2D eigenvalue weighted by atomic mass is 35.5. The van der Waals surface area contributed by atoms with Crippen LogP contribution in [0.25, 0.3) is 11.7 Å². The molecule has 0 spiro atoms. The third-order valence-electron chi connectivity index (χ3n) is 5.19. The molecule has 0 saturated heterocycles. The minimum Gasteiger partial charge on any atom is -0.330 e. The van der Waals surface area contributed by atoms with Gasteiger partial charge in [0.1, 0.15) is 5.82 Å². The fourth-order valence-electron chi connectivity index (χ4n) is 3.45. The number of benzene rings is 1. The topological polar surface area (TPSA) is 89.9 Å². The maximum atomic E-state index is 13.4. The quantitative estimate of drug-likeness (QED) is 0.668. The van der Waals surface area contributed by atoms with Gasteiger partial charge in [-0.25, -0.2) is 4.39 Å². The highest BCUT2D eigenvalue weighted by molar-refractivity contribution is 6.31. The Labute approximate surface area is 164 Å². The van der Waals surface area contributed by atoms with Gasteiger partial charge in [-0.05, 0) is 38.0 Å². The fraction of sp³-hybridized carbons (Fsp3) is 0.389. The molecular formula is C18H16ClFN6O2. The Morgan fingerprint density at radius 3 is 2.86 bits per heavy atom. The van der Waals surface area contributed by atoms with Crippen LogP contribution in [0.15, 0.2) is 22.7 Å². The van der Waals surface area contributed by atoms with Crippen LogP contribution in [0.5, 0.6) is 0 Å². The molecule has 1 atom stereocenters. The third kappa shape index (κ3) is 2.77. The summed E-state index contributed by atoms with van der Waals surface area (Å²) < 4.78 is 20.7. The Kier molecular flexibility index (Phi) is 3.94. The summed E-state index contributed by atoms with van der Waals surface area (Å²) in [5, 5.41) is 12.4. The average Bonchev–Trinajstić information content (AvgIpc) is 3.25. The van der Waals surface area contributed by atoms with Gasteiger partial charge in [-0.3, -0.25) is 4.79 Å². The van der Waals surface area contributed by atoms with Crippen molar-refractivity contribution in [2.75, 3.05) is 6.54 Å². The maximum absolute atomic E-state index is 13.4. The number of carbonyl (C=O) groups excluding carboxylic acids is 1. The average molecular weight is 403 g/mol. The lowest BCUT2D eigenvalue weighted by molar-refractivity contribution is 0.0638. The van der Waals surface area contributed by atoms with E-state index in [1.807, 2.05) is 11.5 Å². The summed E-state index contributed by atoms with van der Waals surface area (Å²) in [5.74, 6) is 1.79. The molecule has 8 nitrogen and oxygen atoms in total. The van der Waals surface area contributed by atoms with Crippen molar-refractivity contribution < 1.29 is 13.7 Å². The zero-order chi connectivity index (χ0) is 19.4. The van der Waals surface area contributed by atoms with Crippen LogP contribution in [0.3, 0.4) is 0 Å². The summed E-state index contributed by atoms with van der Waals surface area (Å²) in [6.07, 6.45) is 2.16. The highest BCUT2D eigenvalue weighted by Gasteiger charge is 2.34. The first-order valence-electron chi connectivity index (χ1n) is 9.06. The van der Waals surface area contributed by atoms with Crippen LogP contribution < -0.4 is 0 Å². The third-order valence-corrected chi connectivity index (χ3v) is 5.48. The first-order valence-corrected chi connectivity index (χ1v) is 9.44. The van der Waals surface area contributed by atoms with Gasteiger partial charge in [-0.15, -0.1) is 10.2 Å². The number of hydrogen-bond donors (Lipinski definition) is 0. The largest absolute Gasteiger partial charge is 0.330 e. The monoisotopic (exact) mass is 402 g/mol. The van der Waals surface area contributed by atoms with Crippen molar-refractivity contribution in [1.29, 1.82) is 0 Å². The molecule has 3 aromatic rings. The Balaban J connectivity index is 1.42. The number of amides is 1. The van der Waals surface area contributed by atoms with E-state index >= 15 is 0 Å². The van der Waals surface area contributed by atoms with Crippen molar-refractivity contribution >= 4 is 17.5 Å². The molecule has 1 aliphatic carbocycles. The van der Waals surface area contributed by atoms with Crippen molar-refractivity contribution in [3.05, 3.63) is 46.3 Å². The molecular weight excluding hydrogens is 387 g/mol. The highest BCUT2D eigenvalue weighted by Crippen LogP contribution is 2.39. The molecule has 1 saturated carbocycles. The second kappa shape index (κ2) is 6.37. The lowest BCUT2D eigenvalue weighted by atomic mass is 10.1. The van der Waals surface area contributed by atoms with Gasteiger partial charge in [-0.1, -0.05) is 16.8 Å². The zero-order valence-electron chi connectivity index (χ0n) is 15.0. The standard InChI is InChI=1S/C18H16ClFN6O2/c1-9-15-22-23-16(17-21-14(24-28-17)10-2-3-10)26(15)7-6-25(9)18(27)11-4-5-13(20)12(19)8-11/h4-5,8-10H,2-3,6-7H2,1H3/t9-/m1/s1. The van der Waals surface area contributed by atoms with Crippen molar-refractivity contribution in [2.45, 2.75) is 38.3 Å². The normalized spacial score (nSPS) is 19.0. The van der Waals surface area contributed by atoms with Crippen LogP contribution in [0, 0.1) is 5.82 Å². The maximum Gasteiger partial charge on any atom is 0.295 e. The van der Waals surface area contributed by atoms with Crippen LogP contribution >= 0.6 is 11.6 Å². The minimum atomic E-state index is -0.556. The van der Waals surface area contributed by atoms with Crippen LogP contribution in [0.2, 0.25) is 5.02 Å². The molecule has 2 aromatic heterocycles. The lowest BCUT2D eigenvalue weighted by Crippen LogP contribution is -2.41. The Morgan fingerprint density at radius 2 is 2.11 bits per heavy atom. The molecule has 1 aromatic carbocycles. The van der Waals surface area contributed by atoms with Crippen molar-refractivity contribution in [3.63, 3.8) is 0 Å². The number of halogens is 2. The zero-order valence-corrected chi connectivity index (χ0v) is 15.7. The van der Waals surface area contributed by atoms with Gasteiger partial charge in [0.05, 0.1) is 11.1 Å². The smallest absolute Gasteiger partial charge is 0.295 e. The molecule has 28 heavy (non-hydrogen) atoms. The summed E-state index contributed by atoms with van der Waals surface area (Å²) in [5.41, 5.74) is 0.331. The molecule has 0 N–H and O–H groups in total. The predicted molar refractivity (Wildman–Crippen MR) is 96.2 cm³/mol. The number of aromatic nitrogens is 5. The number of carbonyl (C=O) groups is 1. The summed E-state index contributed by atoms with van der Waals surface area (Å²) in [7, 11) is 0. The molecule has 0 radical (unpaired) electrons. The summed E-state index contributed by atoms with van der Waals surface area (Å²) in [4.78, 5) is 19.0. The van der Waals surface area contributed by atoms with E-state index < -0.39 is 5.82 Å². The summed E-state index contributed by atoms with van der Waals surface area (Å²) in [6, 6.07) is 3.64. The van der Waals surface area contributed by atoms with Crippen LogP contribution in [0.1, 0.15) is 53.7 Å². The van der Waals surface area contributed by atoms with Gasteiger partial charge in [0, 0.05) is 24.6 Å². The van der Waals surface area contributed by atoms with Crippen LogP contribution in [-0.2, 0) is 6.54 Å². The van der Waals surface area contributed by atoms with Gasteiger partial charge in [0.15, 0.2) is 11.6 Å². The summed E-state index contributed by atoms with van der Waals surface area (Å²) in [6.45, 7) is 2.80. The number of fused-ring (bicyclic) bond motifs is 1. The molecule has 5 rings (SSSR count). The van der Waals surface area contributed by atoms with E-state index in [1.165, 1.54) is 18.2 Å². The van der Waals surface area contributed by atoms with E-state index in [4.69, 9.17) is 16.1 Å². The molecule has 2 aliphatic rings. The van der Waals surface area contributed by atoms with E-state index in [1.54, 1.807) is 4.90 Å². The Morgan fingerprint density at radius 1 is 1.29 bits per heavy atom. The number of nitrogens with zero attached hydrogens (tertiary/aromatic N) is 6. The van der Waals surface area contributed by atoms with Crippen molar-refractivity contribution in [1.82, 2.24) is 29.8 Å². The molecule has 0 unspecified atom stereocenters. The molecule has 3 heterocycles. The first-order chi connectivity index (χ1) is 13.5. The predicted octanol–water partition coefficient (Wildman–Crippen LogP) is 3.22. The van der Waals surface area contributed by atoms with Gasteiger partial charge >= 0.3 is 0 Å². The second-order valence-electron chi connectivity index (χ2n) is 7.07. The van der Waals surface area contributed by atoms with E-state index in [-0.39, 0.29) is 17.0 Å². The van der Waals surface area contributed by atoms with E-state index in [9.17, 15) is 9.18 Å².